The maximum Gasteiger partial charge on any atom is 0.0692 e. The molecule has 0 saturated heterocycles. The van der Waals surface area contributed by atoms with Crippen molar-refractivity contribution in [1.82, 2.24) is 0 Å². The van der Waals surface area contributed by atoms with E-state index in [0.717, 1.165) is 23.7 Å². The predicted molar refractivity (Wildman–Crippen MR) is 69.2 cm³/mol. The van der Waals surface area contributed by atoms with Crippen molar-refractivity contribution >= 4 is 0 Å². The average Bonchev–Trinajstić information content (AvgIpc) is 3.01. The van der Waals surface area contributed by atoms with Gasteiger partial charge in [0.25, 0.3) is 0 Å². The van der Waals surface area contributed by atoms with Crippen molar-refractivity contribution in [1.29, 1.82) is 5.26 Å². The molecular weight excluding hydrogens is 206 g/mol. The van der Waals surface area contributed by atoms with Gasteiger partial charge in [0, 0.05) is 0 Å². The molecule has 0 aromatic heterocycles. The van der Waals surface area contributed by atoms with Crippen LogP contribution >= 0.6 is 0 Å². The van der Waals surface area contributed by atoms with Gasteiger partial charge in [-0.15, -0.1) is 0 Å². The van der Waals surface area contributed by atoms with Crippen LogP contribution in [-0.2, 0) is 0 Å². The highest BCUT2D eigenvalue weighted by molar-refractivity contribution is 5.10. The summed E-state index contributed by atoms with van der Waals surface area (Å²) in [6, 6.07) is 2.81. The van der Waals surface area contributed by atoms with Crippen LogP contribution in [0.3, 0.4) is 0 Å². The Bertz CT molecular complexity index is 329. The molecule has 0 aliphatic heterocycles. The standard InChI is InChI=1S/C16H25N/c1-2-12-4-3-7-16(10-12,11-17)15-9-13-5-6-14(15)8-13/h12-15H,2-10H2,1H3. The number of nitriles is 1. The lowest BCUT2D eigenvalue weighted by molar-refractivity contribution is 0.0815. The van der Waals surface area contributed by atoms with Gasteiger partial charge in [-0.3, -0.25) is 0 Å². The Hall–Kier alpha value is -0.510. The van der Waals surface area contributed by atoms with E-state index in [1.165, 1.54) is 57.8 Å². The largest absolute Gasteiger partial charge is 0.198 e. The van der Waals surface area contributed by atoms with Gasteiger partial charge in [-0.25, -0.2) is 0 Å². The lowest BCUT2D eigenvalue weighted by Crippen LogP contribution is -2.37. The zero-order chi connectivity index (χ0) is 11.9. The highest BCUT2D eigenvalue weighted by atomic mass is 14.6. The maximum atomic E-state index is 9.79. The fourth-order valence-electron chi connectivity index (χ4n) is 5.22. The van der Waals surface area contributed by atoms with Gasteiger partial charge >= 0.3 is 0 Å². The number of fused-ring (bicyclic) bond motifs is 2. The van der Waals surface area contributed by atoms with E-state index in [1.807, 2.05) is 0 Å². The summed E-state index contributed by atoms with van der Waals surface area (Å²) in [4.78, 5) is 0. The molecule has 1 heteroatoms. The van der Waals surface area contributed by atoms with Crippen molar-refractivity contribution in [3.8, 4) is 6.07 Å². The summed E-state index contributed by atoms with van der Waals surface area (Å²) in [5.41, 5.74) is 0.0821. The van der Waals surface area contributed by atoms with E-state index in [1.54, 1.807) is 0 Å². The molecule has 5 unspecified atom stereocenters. The van der Waals surface area contributed by atoms with Crippen LogP contribution in [0.15, 0.2) is 0 Å². The number of nitrogens with zero attached hydrogens (tertiary/aromatic N) is 1. The zero-order valence-electron chi connectivity index (χ0n) is 11.1. The Morgan fingerprint density at radius 2 is 2.12 bits per heavy atom. The summed E-state index contributed by atoms with van der Waals surface area (Å²) < 4.78 is 0. The predicted octanol–water partition coefficient (Wildman–Crippen LogP) is 4.53. The molecular formula is C16H25N. The van der Waals surface area contributed by atoms with Crippen LogP contribution < -0.4 is 0 Å². The zero-order valence-corrected chi connectivity index (χ0v) is 11.1. The van der Waals surface area contributed by atoms with Gasteiger partial charge in [-0.1, -0.05) is 32.6 Å². The minimum atomic E-state index is 0.0821. The summed E-state index contributed by atoms with van der Waals surface area (Å²) in [6.45, 7) is 2.30. The van der Waals surface area contributed by atoms with Crippen LogP contribution in [0.4, 0.5) is 0 Å². The average molecular weight is 231 g/mol. The fourth-order valence-corrected chi connectivity index (χ4v) is 5.22. The molecule has 3 rings (SSSR count). The SMILES string of the molecule is CCC1CCCC(C#N)(C2CC3CCC2C3)C1. The molecule has 0 amide bonds. The normalized spacial score (nSPS) is 49.2. The topological polar surface area (TPSA) is 23.8 Å². The number of rotatable bonds is 2. The molecule has 1 nitrogen and oxygen atoms in total. The van der Waals surface area contributed by atoms with Gasteiger partial charge in [0.05, 0.1) is 11.5 Å². The summed E-state index contributed by atoms with van der Waals surface area (Å²) >= 11 is 0. The monoisotopic (exact) mass is 231 g/mol. The molecule has 5 atom stereocenters. The van der Waals surface area contributed by atoms with Crippen LogP contribution in [0.1, 0.15) is 64.7 Å². The van der Waals surface area contributed by atoms with Crippen molar-refractivity contribution in [2.24, 2.45) is 29.1 Å². The Kier molecular flexibility index (Phi) is 2.93. The second-order valence-electron chi connectivity index (χ2n) is 6.92. The molecule has 2 bridgehead atoms. The molecule has 3 fully saturated rings. The Morgan fingerprint density at radius 3 is 2.71 bits per heavy atom. The van der Waals surface area contributed by atoms with E-state index >= 15 is 0 Å². The van der Waals surface area contributed by atoms with Gasteiger partial charge < -0.3 is 0 Å². The van der Waals surface area contributed by atoms with Crippen molar-refractivity contribution in [3.05, 3.63) is 0 Å². The van der Waals surface area contributed by atoms with Crippen molar-refractivity contribution in [2.45, 2.75) is 64.7 Å². The van der Waals surface area contributed by atoms with E-state index in [4.69, 9.17) is 0 Å². The van der Waals surface area contributed by atoms with Crippen molar-refractivity contribution in [2.75, 3.05) is 0 Å². The lowest BCUT2D eigenvalue weighted by Gasteiger charge is -2.43. The Labute approximate surface area is 106 Å². The molecule has 0 heterocycles. The van der Waals surface area contributed by atoms with Crippen LogP contribution in [-0.4, -0.2) is 0 Å². The molecule has 0 radical (unpaired) electrons. The van der Waals surface area contributed by atoms with Crippen LogP contribution in [0.5, 0.6) is 0 Å². The first-order chi connectivity index (χ1) is 8.27. The number of hydrogen-bond acceptors (Lipinski definition) is 1. The minimum absolute atomic E-state index is 0.0821. The third-order valence-electron chi connectivity index (χ3n) is 6.14. The van der Waals surface area contributed by atoms with Gasteiger partial charge in [0.2, 0.25) is 0 Å². The third kappa shape index (κ3) is 1.81. The molecule has 3 aliphatic carbocycles. The van der Waals surface area contributed by atoms with Crippen LogP contribution in [0.2, 0.25) is 0 Å². The van der Waals surface area contributed by atoms with E-state index < -0.39 is 0 Å². The summed E-state index contributed by atoms with van der Waals surface area (Å²) in [5, 5.41) is 9.79. The second kappa shape index (κ2) is 4.30. The number of hydrogen-bond donors (Lipinski definition) is 0. The molecule has 3 saturated carbocycles. The molecule has 17 heavy (non-hydrogen) atoms. The molecule has 0 spiro atoms. The summed E-state index contributed by atoms with van der Waals surface area (Å²) in [5.74, 6) is 3.50. The van der Waals surface area contributed by atoms with Crippen LogP contribution in [0, 0.1) is 40.4 Å². The third-order valence-corrected chi connectivity index (χ3v) is 6.14. The van der Waals surface area contributed by atoms with Crippen molar-refractivity contribution < 1.29 is 0 Å². The van der Waals surface area contributed by atoms with Gasteiger partial charge in [0.15, 0.2) is 0 Å². The fraction of sp³-hybridized carbons (Fsp3) is 0.938. The van der Waals surface area contributed by atoms with E-state index in [-0.39, 0.29) is 5.41 Å². The highest BCUT2D eigenvalue weighted by Gasteiger charge is 2.52. The summed E-state index contributed by atoms with van der Waals surface area (Å²) in [6.07, 6.45) is 12.1. The molecule has 94 valence electrons. The molecule has 0 aromatic rings. The van der Waals surface area contributed by atoms with E-state index in [2.05, 4.69) is 13.0 Å². The molecule has 3 aliphatic rings. The lowest BCUT2D eigenvalue weighted by atomic mass is 9.59. The quantitative estimate of drug-likeness (QED) is 0.685. The van der Waals surface area contributed by atoms with Crippen molar-refractivity contribution in [3.63, 3.8) is 0 Å². The maximum absolute atomic E-state index is 9.79. The smallest absolute Gasteiger partial charge is 0.0692 e. The highest BCUT2D eigenvalue weighted by Crippen LogP contribution is 2.59. The van der Waals surface area contributed by atoms with Gasteiger partial charge in [-0.2, -0.15) is 5.26 Å². The van der Waals surface area contributed by atoms with Crippen LogP contribution in [0.25, 0.3) is 0 Å². The Morgan fingerprint density at radius 1 is 1.24 bits per heavy atom. The Balaban J connectivity index is 1.80. The first-order valence-corrected chi connectivity index (χ1v) is 7.68. The first kappa shape index (κ1) is 11.6. The van der Waals surface area contributed by atoms with Gasteiger partial charge in [-0.05, 0) is 55.8 Å². The first-order valence-electron chi connectivity index (χ1n) is 7.68. The minimum Gasteiger partial charge on any atom is -0.198 e. The summed E-state index contributed by atoms with van der Waals surface area (Å²) in [7, 11) is 0. The van der Waals surface area contributed by atoms with E-state index in [0.29, 0.717) is 0 Å². The van der Waals surface area contributed by atoms with E-state index in [9.17, 15) is 5.26 Å². The van der Waals surface area contributed by atoms with Gasteiger partial charge in [0.1, 0.15) is 0 Å². The second-order valence-corrected chi connectivity index (χ2v) is 6.92. The molecule has 0 aromatic carbocycles. The molecule has 0 N–H and O–H groups in total.